The highest BCUT2D eigenvalue weighted by Crippen LogP contribution is 2.40. The molecule has 0 saturated carbocycles. The molecule has 2 rings (SSSR count). The lowest BCUT2D eigenvalue weighted by atomic mass is 9.69. The van der Waals surface area contributed by atoms with Crippen LogP contribution in [0, 0.1) is 5.41 Å². The molecule has 1 saturated heterocycles. The number of benzene rings is 1. The average molecular weight is 265 g/mol. The van der Waals surface area contributed by atoms with Gasteiger partial charge in [-0.15, -0.1) is 0 Å². The number of ether oxygens (including phenoxy) is 2. The average Bonchev–Trinajstić information content (AvgIpc) is 2.90. The third kappa shape index (κ3) is 2.76. The Bertz CT molecular complexity index is 408. The number of methoxy groups -OCH3 is 1. The SMILES string of the molecule is COc1ccc(CC(C)(O)C2(CN)CCOC2)cc1. The van der Waals surface area contributed by atoms with Crippen LogP contribution in [0.5, 0.6) is 5.75 Å². The number of hydrogen-bond donors (Lipinski definition) is 2. The van der Waals surface area contributed by atoms with E-state index >= 15 is 0 Å². The Labute approximate surface area is 114 Å². The van der Waals surface area contributed by atoms with Gasteiger partial charge in [-0.2, -0.15) is 0 Å². The lowest BCUT2D eigenvalue weighted by Gasteiger charge is -2.41. The highest BCUT2D eigenvalue weighted by Gasteiger charge is 2.48. The number of nitrogens with two attached hydrogens (primary N) is 1. The Morgan fingerprint density at radius 2 is 2.11 bits per heavy atom. The summed E-state index contributed by atoms with van der Waals surface area (Å²) in [6, 6.07) is 7.78. The monoisotopic (exact) mass is 265 g/mol. The van der Waals surface area contributed by atoms with Gasteiger partial charge in [0.05, 0.1) is 19.3 Å². The zero-order valence-corrected chi connectivity index (χ0v) is 11.7. The summed E-state index contributed by atoms with van der Waals surface area (Å²) in [5.74, 6) is 0.820. The summed E-state index contributed by atoms with van der Waals surface area (Å²) in [4.78, 5) is 0. The van der Waals surface area contributed by atoms with Crippen LogP contribution in [0.4, 0.5) is 0 Å². The van der Waals surface area contributed by atoms with Crippen LogP contribution < -0.4 is 10.5 Å². The van der Waals surface area contributed by atoms with Crippen LogP contribution in [0.1, 0.15) is 18.9 Å². The Kier molecular flexibility index (Phi) is 4.13. The summed E-state index contributed by atoms with van der Waals surface area (Å²) >= 11 is 0. The van der Waals surface area contributed by atoms with Gasteiger partial charge in [-0.05, 0) is 31.0 Å². The molecule has 1 heterocycles. The topological polar surface area (TPSA) is 64.7 Å². The van der Waals surface area contributed by atoms with E-state index in [1.54, 1.807) is 7.11 Å². The zero-order chi connectivity index (χ0) is 13.9. The molecule has 0 amide bonds. The molecule has 106 valence electrons. The first-order valence-electron chi connectivity index (χ1n) is 6.66. The number of hydrogen-bond acceptors (Lipinski definition) is 4. The second kappa shape index (κ2) is 5.49. The molecule has 2 atom stereocenters. The van der Waals surface area contributed by atoms with Gasteiger partial charge in [0.15, 0.2) is 0 Å². The van der Waals surface area contributed by atoms with E-state index in [1.165, 1.54) is 0 Å². The van der Waals surface area contributed by atoms with Crippen molar-refractivity contribution in [1.82, 2.24) is 0 Å². The molecule has 3 N–H and O–H groups in total. The summed E-state index contributed by atoms with van der Waals surface area (Å²) in [5.41, 5.74) is 5.76. The van der Waals surface area contributed by atoms with Gasteiger partial charge >= 0.3 is 0 Å². The molecule has 0 bridgehead atoms. The van der Waals surface area contributed by atoms with Crippen molar-refractivity contribution in [3.05, 3.63) is 29.8 Å². The molecule has 19 heavy (non-hydrogen) atoms. The second-order valence-electron chi connectivity index (χ2n) is 5.59. The van der Waals surface area contributed by atoms with Gasteiger partial charge in [-0.1, -0.05) is 12.1 Å². The smallest absolute Gasteiger partial charge is 0.118 e. The summed E-state index contributed by atoms with van der Waals surface area (Å²) < 4.78 is 10.6. The predicted octanol–water partition coefficient (Wildman–Crippen LogP) is 1.35. The minimum Gasteiger partial charge on any atom is -0.497 e. The van der Waals surface area contributed by atoms with Crippen LogP contribution in [0.3, 0.4) is 0 Å². The fourth-order valence-electron chi connectivity index (χ4n) is 2.74. The molecule has 4 heteroatoms. The van der Waals surface area contributed by atoms with Gasteiger partial charge in [0.2, 0.25) is 0 Å². The first kappa shape index (κ1) is 14.3. The first-order chi connectivity index (χ1) is 9.03. The maximum absolute atomic E-state index is 10.9. The standard InChI is InChI=1S/C15H23NO3/c1-14(17,15(10-16)7-8-19-11-15)9-12-3-5-13(18-2)6-4-12/h3-6,17H,7-11,16H2,1-2H3. The Hall–Kier alpha value is -1.10. The molecule has 0 aliphatic carbocycles. The molecular formula is C15H23NO3. The molecule has 1 aromatic rings. The van der Waals surface area contributed by atoms with E-state index in [2.05, 4.69) is 0 Å². The highest BCUT2D eigenvalue weighted by atomic mass is 16.5. The van der Waals surface area contributed by atoms with E-state index in [0.717, 1.165) is 17.7 Å². The van der Waals surface area contributed by atoms with Crippen molar-refractivity contribution in [3.63, 3.8) is 0 Å². The van der Waals surface area contributed by atoms with Gasteiger partial charge in [-0.25, -0.2) is 0 Å². The lowest BCUT2D eigenvalue weighted by Crippen LogP contribution is -2.52. The third-order valence-electron chi connectivity index (χ3n) is 4.34. The van der Waals surface area contributed by atoms with Crippen LogP contribution in [-0.2, 0) is 11.2 Å². The minimum absolute atomic E-state index is 0.340. The van der Waals surface area contributed by atoms with Crippen molar-refractivity contribution < 1.29 is 14.6 Å². The van der Waals surface area contributed by atoms with Crippen LogP contribution in [-0.4, -0.2) is 37.6 Å². The molecule has 0 radical (unpaired) electrons. The zero-order valence-electron chi connectivity index (χ0n) is 11.7. The second-order valence-corrected chi connectivity index (χ2v) is 5.59. The molecule has 4 nitrogen and oxygen atoms in total. The maximum Gasteiger partial charge on any atom is 0.118 e. The molecule has 1 aliphatic rings. The third-order valence-corrected chi connectivity index (χ3v) is 4.34. The fraction of sp³-hybridized carbons (Fsp3) is 0.600. The van der Waals surface area contributed by atoms with Gasteiger partial charge in [0.25, 0.3) is 0 Å². The number of aliphatic hydroxyl groups is 1. The van der Waals surface area contributed by atoms with E-state index in [0.29, 0.717) is 26.2 Å². The maximum atomic E-state index is 10.9. The summed E-state index contributed by atoms with van der Waals surface area (Å²) in [7, 11) is 1.64. The van der Waals surface area contributed by atoms with Gasteiger partial charge in [-0.3, -0.25) is 0 Å². The molecule has 1 aliphatic heterocycles. The molecule has 2 unspecified atom stereocenters. The van der Waals surface area contributed by atoms with Crippen molar-refractivity contribution in [2.45, 2.75) is 25.4 Å². The van der Waals surface area contributed by atoms with Crippen molar-refractivity contribution in [2.75, 3.05) is 26.9 Å². The predicted molar refractivity (Wildman–Crippen MR) is 74.2 cm³/mol. The highest BCUT2D eigenvalue weighted by molar-refractivity contribution is 5.28. The summed E-state index contributed by atoms with van der Waals surface area (Å²) in [5, 5.41) is 10.9. The van der Waals surface area contributed by atoms with Gasteiger partial charge in [0.1, 0.15) is 5.75 Å². The largest absolute Gasteiger partial charge is 0.497 e. The summed E-state index contributed by atoms with van der Waals surface area (Å²) in [6.45, 7) is 3.51. The lowest BCUT2D eigenvalue weighted by molar-refractivity contribution is -0.0680. The van der Waals surface area contributed by atoms with E-state index in [-0.39, 0.29) is 5.41 Å². The molecule has 0 spiro atoms. The number of rotatable bonds is 5. The van der Waals surface area contributed by atoms with Crippen molar-refractivity contribution in [1.29, 1.82) is 0 Å². The molecular weight excluding hydrogens is 242 g/mol. The molecule has 1 fully saturated rings. The van der Waals surface area contributed by atoms with Crippen molar-refractivity contribution >= 4 is 0 Å². The minimum atomic E-state index is -0.868. The summed E-state index contributed by atoms with van der Waals surface area (Å²) in [6.07, 6.45) is 1.38. The van der Waals surface area contributed by atoms with E-state index < -0.39 is 5.60 Å². The van der Waals surface area contributed by atoms with Crippen LogP contribution in [0.25, 0.3) is 0 Å². The van der Waals surface area contributed by atoms with Gasteiger partial charge in [0, 0.05) is 25.0 Å². The van der Waals surface area contributed by atoms with E-state index in [1.807, 2.05) is 31.2 Å². The Balaban J connectivity index is 2.15. The fourth-order valence-corrected chi connectivity index (χ4v) is 2.74. The Morgan fingerprint density at radius 1 is 1.42 bits per heavy atom. The van der Waals surface area contributed by atoms with E-state index in [4.69, 9.17) is 15.2 Å². The first-order valence-corrected chi connectivity index (χ1v) is 6.66. The Morgan fingerprint density at radius 3 is 2.58 bits per heavy atom. The van der Waals surface area contributed by atoms with Crippen LogP contribution >= 0.6 is 0 Å². The normalized spacial score (nSPS) is 26.1. The van der Waals surface area contributed by atoms with Crippen LogP contribution in [0.15, 0.2) is 24.3 Å². The van der Waals surface area contributed by atoms with Crippen molar-refractivity contribution in [3.8, 4) is 5.75 Å². The molecule has 0 aromatic heterocycles. The van der Waals surface area contributed by atoms with Crippen LogP contribution in [0.2, 0.25) is 0 Å². The van der Waals surface area contributed by atoms with E-state index in [9.17, 15) is 5.11 Å². The van der Waals surface area contributed by atoms with Crippen molar-refractivity contribution in [2.24, 2.45) is 11.1 Å². The molecule has 1 aromatic carbocycles. The van der Waals surface area contributed by atoms with Gasteiger partial charge < -0.3 is 20.3 Å². The quantitative estimate of drug-likeness (QED) is 0.843.